The molecule has 0 spiro atoms. The van der Waals surface area contributed by atoms with Crippen molar-refractivity contribution in [2.45, 2.75) is 40.0 Å². The molecule has 1 aliphatic rings. The SMILES string of the molecule is CC(C)(C)[C@@H]1CCc2cc3sc(C(=O)Cl)cc3cc2C1. The number of carbonyl (C=O) groups is 1. The summed E-state index contributed by atoms with van der Waals surface area (Å²) < 4.78 is 1.18. The first-order valence-corrected chi connectivity index (χ1v) is 8.29. The van der Waals surface area contributed by atoms with E-state index in [2.05, 4.69) is 32.9 Å². The summed E-state index contributed by atoms with van der Waals surface area (Å²) in [6, 6.07) is 6.45. The van der Waals surface area contributed by atoms with Crippen molar-refractivity contribution in [1.29, 1.82) is 0 Å². The Hall–Kier alpha value is -0.860. The lowest BCUT2D eigenvalue weighted by molar-refractivity contribution is 0.108. The summed E-state index contributed by atoms with van der Waals surface area (Å²) >= 11 is 7.09. The highest BCUT2D eigenvalue weighted by Crippen LogP contribution is 2.39. The molecule has 0 fully saturated rings. The summed E-state index contributed by atoms with van der Waals surface area (Å²) in [6.07, 6.45) is 3.55. The van der Waals surface area contributed by atoms with Crippen LogP contribution in [-0.2, 0) is 12.8 Å². The number of carbonyl (C=O) groups excluding carboxylic acids is 1. The second kappa shape index (κ2) is 4.85. The Kier molecular flexibility index (Phi) is 3.42. The number of rotatable bonds is 1. The van der Waals surface area contributed by atoms with E-state index in [0.29, 0.717) is 10.3 Å². The maximum Gasteiger partial charge on any atom is 0.262 e. The van der Waals surface area contributed by atoms with E-state index in [4.69, 9.17) is 11.6 Å². The maximum atomic E-state index is 11.3. The van der Waals surface area contributed by atoms with Crippen LogP contribution in [-0.4, -0.2) is 5.24 Å². The Bertz CT molecular complexity index is 678. The molecule has 1 aromatic carbocycles. The first-order chi connectivity index (χ1) is 9.34. The highest BCUT2D eigenvalue weighted by Gasteiger charge is 2.29. The molecule has 1 atom stereocenters. The summed E-state index contributed by atoms with van der Waals surface area (Å²) in [6.45, 7) is 6.99. The Morgan fingerprint density at radius 2 is 2.00 bits per heavy atom. The lowest BCUT2D eigenvalue weighted by Crippen LogP contribution is -2.26. The highest BCUT2D eigenvalue weighted by atomic mass is 35.5. The summed E-state index contributed by atoms with van der Waals surface area (Å²) in [5.41, 5.74) is 3.27. The van der Waals surface area contributed by atoms with Crippen LogP contribution in [0.25, 0.3) is 10.1 Å². The fourth-order valence-electron chi connectivity index (χ4n) is 3.13. The average Bonchev–Trinajstić information content (AvgIpc) is 2.77. The van der Waals surface area contributed by atoms with Gasteiger partial charge in [0.25, 0.3) is 5.24 Å². The molecule has 3 rings (SSSR count). The van der Waals surface area contributed by atoms with E-state index >= 15 is 0 Å². The van der Waals surface area contributed by atoms with Crippen LogP contribution < -0.4 is 0 Å². The summed E-state index contributed by atoms with van der Waals surface area (Å²) in [7, 11) is 0. The van der Waals surface area contributed by atoms with Crippen LogP contribution in [0, 0.1) is 11.3 Å². The lowest BCUT2D eigenvalue weighted by atomic mass is 9.70. The molecule has 0 amide bonds. The minimum Gasteiger partial charge on any atom is -0.275 e. The van der Waals surface area contributed by atoms with Crippen molar-refractivity contribution in [2.75, 3.05) is 0 Å². The molecular weight excluding hydrogens is 288 g/mol. The highest BCUT2D eigenvalue weighted by molar-refractivity contribution is 7.22. The van der Waals surface area contributed by atoms with Gasteiger partial charge >= 0.3 is 0 Å². The van der Waals surface area contributed by atoms with Crippen LogP contribution in [0.5, 0.6) is 0 Å². The van der Waals surface area contributed by atoms with Crippen LogP contribution in [0.1, 0.15) is 48.0 Å². The van der Waals surface area contributed by atoms with Crippen molar-refractivity contribution in [3.05, 3.63) is 34.2 Å². The number of aryl methyl sites for hydroxylation is 1. The van der Waals surface area contributed by atoms with Gasteiger partial charge in [-0.05, 0) is 70.8 Å². The van der Waals surface area contributed by atoms with Crippen molar-refractivity contribution in [3.63, 3.8) is 0 Å². The zero-order chi connectivity index (χ0) is 14.5. The predicted octanol–water partition coefficient (Wildman–Crippen LogP) is 5.43. The topological polar surface area (TPSA) is 17.1 Å². The van der Waals surface area contributed by atoms with Gasteiger partial charge in [-0.25, -0.2) is 0 Å². The molecule has 20 heavy (non-hydrogen) atoms. The molecule has 1 aliphatic carbocycles. The van der Waals surface area contributed by atoms with Gasteiger partial charge in [0.2, 0.25) is 0 Å². The van der Waals surface area contributed by atoms with Crippen LogP contribution in [0.3, 0.4) is 0 Å². The second-order valence-electron chi connectivity index (χ2n) is 6.85. The molecule has 3 heteroatoms. The van der Waals surface area contributed by atoms with Gasteiger partial charge in [-0.15, -0.1) is 11.3 Å². The number of hydrogen-bond acceptors (Lipinski definition) is 2. The predicted molar refractivity (Wildman–Crippen MR) is 87.0 cm³/mol. The molecule has 1 aromatic heterocycles. The van der Waals surface area contributed by atoms with Crippen molar-refractivity contribution < 1.29 is 4.79 Å². The van der Waals surface area contributed by atoms with Gasteiger partial charge in [0.1, 0.15) is 0 Å². The normalized spacial score (nSPS) is 19.1. The zero-order valence-electron chi connectivity index (χ0n) is 12.1. The first-order valence-electron chi connectivity index (χ1n) is 7.10. The van der Waals surface area contributed by atoms with Gasteiger partial charge in [-0.1, -0.05) is 26.8 Å². The smallest absolute Gasteiger partial charge is 0.262 e. The van der Waals surface area contributed by atoms with Gasteiger partial charge in [-0.2, -0.15) is 0 Å². The number of hydrogen-bond donors (Lipinski definition) is 0. The van der Waals surface area contributed by atoms with Crippen molar-refractivity contribution in [2.24, 2.45) is 11.3 Å². The molecule has 1 heterocycles. The van der Waals surface area contributed by atoms with Crippen molar-refractivity contribution in [1.82, 2.24) is 0 Å². The monoisotopic (exact) mass is 306 g/mol. The molecule has 0 N–H and O–H groups in total. The number of thiophene rings is 1. The molecule has 2 aromatic rings. The molecule has 0 aliphatic heterocycles. The molecule has 0 saturated heterocycles. The van der Waals surface area contributed by atoms with Gasteiger partial charge in [0.05, 0.1) is 4.88 Å². The Morgan fingerprint density at radius 1 is 1.25 bits per heavy atom. The summed E-state index contributed by atoms with van der Waals surface area (Å²) in [4.78, 5) is 11.9. The molecule has 0 radical (unpaired) electrons. The Morgan fingerprint density at radius 3 is 2.65 bits per heavy atom. The maximum absolute atomic E-state index is 11.3. The third kappa shape index (κ3) is 2.51. The Labute approximate surface area is 128 Å². The quantitative estimate of drug-likeness (QED) is 0.642. The van der Waals surface area contributed by atoms with Crippen LogP contribution in [0.15, 0.2) is 18.2 Å². The minimum atomic E-state index is -0.350. The van der Waals surface area contributed by atoms with E-state index in [-0.39, 0.29) is 5.24 Å². The molecule has 0 saturated carbocycles. The van der Waals surface area contributed by atoms with Gasteiger partial charge in [0.15, 0.2) is 0 Å². The van der Waals surface area contributed by atoms with Crippen LogP contribution in [0.4, 0.5) is 0 Å². The largest absolute Gasteiger partial charge is 0.275 e. The van der Waals surface area contributed by atoms with E-state index in [9.17, 15) is 4.79 Å². The van der Waals surface area contributed by atoms with Crippen LogP contribution in [0.2, 0.25) is 0 Å². The fraction of sp³-hybridized carbons (Fsp3) is 0.471. The molecule has 106 valence electrons. The van der Waals surface area contributed by atoms with Crippen LogP contribution >= 0.6 is 22.9 Å². The van der Waals surface area contributed by atoms with E-state index in [0.717, 1.165) is 24.1 Å². The number of halogens is 1. The zero-order valence-corrected chi connectivity index (χ0v) is 13.7. The first kappa shape index (κ1) is 14.1. The summed E-state index contributed by atoms with van der Waals surface area (Å²) in [5, 5.41) is 0.809. The number of fused-ring (bicyclic) bond motifs is 2. The third-order valence-electron chi connectivity index (χ3n) is 4.49. The van der Waals surface area contributed by atoms with Gasteiger partial charge in [-0.3, -0.25) is 4.79 Å². The molecule has 1 nitrogen and oxygen atoms in total. The summed E-state index contributed by atoms with van der Waals surface area (Å²) in [5.74, 6) is 0.736. The van der Waals surface area contributed by atoms with Crippen molar-refractivity contribution in [3.8, 4) is 0 Å². The van der Waals surface area contributed by atoms with Gasteiger partial charge in [0, 0.05) is 4.70 Å². The lowest BCUT2D eigenvalue weighted by Gasteiger charge is -2.35. The average molecular weight is 307 g/mol. The second-order valence-corrected chi connectivity index (χ2v) is 8.28. The van der Waals surface area contributed by atoms with E-state index in [1.807, 2.05) is 6.07 Å². The van der Waals surface area contributed by atoms with E-state index < -0.39 is 0 Å². The Balaban J connectivity index is 2.02. The van der Waals surface area contributed by atoms with E-state index in [1.54, 1.807) is 0 Å². The molecular formula is C17H19ClOS. The number of benzene rings is 1. The van der Waals surface area contributed by atoms with Crippen molar-refractivity contribution >= 4 is 38.3 Å². The fourth-order valence-corrected chi connectivity index (χ4v) is 4.24. The van der Waals surface area contributed by atoms with E-state index in [1.165, 1.54) is 33.6 Å². The molecule has 0 bridgehead atoms. The van der Waals surface area contributed by atoms with Gasteiger partial charge < -0.3 is 0 Å². The molecule has 0 unspecified atom stereocenters. The minimum absolute atomic E-state index is 0.350. The third-order valence-corrected chi connectivity index (χ3v) is 5.90. The standard InChI is InChI=1S/C17H19ClOS/c1-17(2,3)13-5-4-10-8-14-12(6-11(10)7-13)9-15(20-14)16(18)19/h6,8-9,13H,4-5,7H2,1-3H3/t13-/m1/s1.